The van der Waals surface area contributed by atoms with E-state index in [9.17, 15) is 19.4 Å². The van der Waals surface area contributed by atoms with Crippen LogP contribution in [0.3, 0.4) is 0 Å². The Kier molecular flexibility index (Phi) is 50.8. The van der Waals surface area contributed by atoms with E-state index in [1.165, 1.54) is 154 Å². The molecule has 3 atom stereocenters. The number of amides is 1. The first-order valence-electron chi connectivity index (χ1n) is 29.5. The number of allylic oxidation sites excluding steroid dienone is 13. The van der Waals surface area contributed by atoms with Gasteiger partial charge in [-0.2, -0.15) is 0 Å². The van der Waals surface area contributed by atoms with Gasteiger partial charge in [-0.3, -0.25) is 13.8 Å². The third-order valence-corrected chi connectivity index (χ3v) is 13.9. The number of aliphatic hydroxyl groups excluding tert-OH is 1. The van der Waals surface area contributed by atoms with Crippen molar-refractivity contribution in [3.8, 4) is 0 Å². The average Bonchev–Trinajstić information content (AvgIpc) is 3.33. The average molecular weight is 1010 g/mol. The van der Waals surface area contributed by atoms with E-state index in [4.69, 9.17) is 9.05 Å². The zero-order chi connectivity index (χ0) is 52.0. The number of likely N-dealkylation sites (N-methyl/N-ethyl adjacent to an activating group) is 1. The van der Waals surface area contributed by atoms with Gasteiger partial charge in [-0.15, -0.1) is 0 Å². The second-order valence-corrected chi connectivity index (χ2v) is 22.4. The summed E-state index contributed by atoms with van der Waals surface area (Å²) >= 11 is 0. The van der Waals surface area contributed by atoms with Gasteiger partial charge in [-0.05, 0) is 70.6 Å². The van der Waals surface area contributed by atoms with Crippen molar-refractivity contribution >= 4 is 13.7 Å². The molecule has 8 nitrogen and oxygen atoms in total. The summed E-state index contributed by atoms with van der Waals surface area (Å²) in [7, 11) is 1.57. The van der Waals surface area contributed by atoms with E-state index in [1.807, 2.05) is 27.2 Å². The second-order valence-electron chi connectivity index (χ2n) is 21.0. The van der Waals surface area contributed by atoms with Gasteiger partial charge in [0, 0.05) is 6.42 Å². The lowest BCUT2D eigenvalue weighted by Crippen LogP contribution is -2.45. The molecule has 9 heteroatoms. The number of quaternary nitrogens is 1. The summed E-state index contributed by atoms with van der Waals surface area (Å²) < 4.78 is 23.7. The Labute approximate surface area is 439 Å². The number of phosphoric acid groups is 1. The van der Waals surface area contributed by atoms with Crippen LogP contribution in [-0.2, 0) is 18.4 Å². The minimum Gasteiger partial charge on any atom is -0.387 e. The molecule has 0 radical (unpaired) electrons. The first-order chi connectivity index (χ1) is 34.5. The molecule has 71 heavy (non-hydrogen) atoms. The largest absolute Gasteiger partial charge is 0.472 e. The first-order valence-corrected chi connectivity index (χ1v) is 31.0. The highest BCUT2D eigenvalue weighted by Gasteiger charge is 2.27. The lowest BCUT2D eigenvalue weighted by atomic mass is 10.0. The van der Waals surface area contributed by atoms with Gasteiger partial charge in [-0.25, -0.2) is 4.57 Å². The Morgan fingerprint density at radius 1 is 0.493 bits per heavy atom. The van der Waals surface area contributed by atoms with Crippen molar-refractivity contribution < 1.29 is 32.9 Å². The van der Waals surface area contributed by atoms with Gasteiger partial charge in [0.15, 0.2) is 0 Å². The van der Waals surface area contributed by atoms with Crippen LogP contribution in [0.15, 0.2) is 85.1 Å². The van der Waals surface area contributed by atoms with Crippen molar-refractivity contribution in [2.45, 2.75) is 264 Å². The van der Waals surface area contributed by atoms with Crippen LogP contribution in [0, 0.1) is 0 Å². The van der Waals surface area contributed by atoms with E-state index >= 15 is 0 Å². The molecule has 0 aliphatic rings. The van der Waals surface area contributed by atoms with Gasteiger partial charge >= 0.3 is 7.82 Å². The van der Waals surface area contributed by atoms with Gasteiger partial charge < -0.3 is 19.8 Å². The maximum Gasteiger partial charge on any atom is 0.472 e. The molecule has 0 saturated heterocycles. The summed E-state index contributed by atoms with van der Waals surface area (Å²) in [5.41, 5.74) is 0. The van der Waals surface area contributed by atoms with E-state index in [0.29, 0.717) is 17.4 Å². The molecular weight excluding hydrogens is 900 g/mol. The number of carbonyl (C=O) groups excluding carboxylic acids is 1. The fraction of sp³-hybridized carbons (Fsp3) is 0.758. The molecule has 0 aliphatic heterocycles. The Balaban J connectivity index is 4.12. The molecular formula is C62H114N2O6P+. The maximum absolute atomic E-state index is 13.0. The number of aliphatic hydroxyl groups is 1. The highest BCUT2D eigenvalue weighted by atomic mass is 31.2. The zero-order valence-electron chi connectivity index (χ0n) is 46.9. The van der Waals surface area contributed by atoms with Crippen LogP contribution in [0.5, 0.6) is 0 Å². The van der Waals surface area contributed by atoms with E-state index < -0.39 is 20.0 Å². The van der Waals surface area contributed by atoms with Gasteiger partial charge in [0.2, 0.25) is 5.91 Å². The SMILES string of the molecule is CC/C=C\C/C=C\C/C=C\C/C=C\C/C=C\C/C=C\CCCCCCCCCCCCCCCCC(=O)NC(COP(=O)(O)OCC[N+](C)(C)C)C(O)/C=C/CCCCCCCCCCCCCCCC. The molecule has 0 fully saturated rings. The number of hydrogen-bond acceptors (Lipinski definition) is 5. The minimum atomic E-state index is -4.35. The molecule has 3 unspecified atom stereocenters. The van der Waals surface area contributed by atoms with Crippen LogP contribution in [0.2, 0.25) is 0 Å². The van der Waals surface area contributed by atoms with Crippen LogP contribution in [0.4, 0.5) is 0 Å². The van der Waals surface area contributed by atoms with Gasteiger partial charge in [-0.1, -0.05) is 259 Å². The quantitative estimate of drug-likeness (QED) is 0.0243. The Bertz CT molecular complexity index is 1430. The number of nitrogens with zero attached hydrogens (tertiary/aromatic N) is 1. The zero-order valence-corrected chi connectivity index (χ0v) is 47.8. The highest BCUT2D eigenvalue weighted by molar-refractivity contribution is 7.47. The summed E-state index contributed by atoms with van der Waals surface area (Å²) in [6.45, 7) is 4.71. The summed E-state index contributed by atoms with van der Waals surface area (Å²) in [6, 6.07) is -0.850. The standard InChI is InChI=1S/C62H113N2O6P/c1-6-8-10-12-14-16-18-20-22-24-25-26-27-28-29-30-31-32-33-34-35-36-37-38-39-40-42-44-46-48-50-52-54-56-62(66)63-60(59-70-71(67,68)69-58-57-64(3,4)5)61(65)55-53-51-49-47-45-43-41-23-21-19-17-15-13-11-9-7-2/h8,10,14,16,20,22,25-26,28-29,31-32,53,55,60-61,65H,6-7,9,11-13,15,17-19,21,23-24,27,30,33-52,54,56-59H2,1-5H3,(H-,63,66,67,68)/p+1/b10-8-,16-14-,22-20-,26-25-,29-28-,32-31-,55-53+. The maximum atomic E-state index is 13.0. The van der Waals surface area contributed by atoms with Crippen LogP contribution in [-0.4, -0.2) is 73.4 Å². The summed E-state index contributed by atoms with van der Waals surface area (Å²) in [5, 5.41) is 13.9. The van der Waals surface area contributed by atoms with Crippen molar-refractivity contribution in [1.82, 2.24) is 5.32 Å². The number of carbonyl (C=O) groups is 1. The van der Waals surface area contributed by atoms with Crippen molar-refractivity contribution in [3.63, 3.8) is 0 Å². The Morgan fingerprint density at radius 3 is 1.24 bits per heavy atom. The first kappa shape index (κ1) is 68.7. The van der Waals surface area contributed by atoms with Gasteiger partial charge in [0.05, 0.1) is 39.9 Å². The Hall–Kier alpha value is -2.32. The van der Waals surface area contributed by atoms with Crippen molar-refractivity contribution in [2.75, 3.05) is 40.9 Å². The Morgan fingerprint density at radius 2 is 0.845 bits per heavy atom. The molecule has 0 aromatic carbocycles. The molecule has 412 valence electrons. The normalized spacial score (nSPS) is 14.5. The van der Waals surface area contributed by atoms with Gasteiger partial charge in [0.1, 0.15) is 13.2 Å². The van der Waals surface area contributed by atoms with Crippen molar-refractivity contribution in [2.24, 2.45) is 0 Å². The number of phosphoric ester groups is 1. The summed E-state index contributed by atoms with van der Waals surface area (Å²) in [6.07, 6.45) is 74.0. The third kappa shape index (κ3) is 55.3. The second kappa shape index (κ2) is 52.5. The van der Waals surface area contributed by atoms with E-state index in [1.54, 1.807) is 6.08 Å². The summed E-state index contributed by atoms with van der Waals surface area (Å²) in [5.74, 6) is -0.179. The van der Waals surface area contributed by atoms with Crippen LogP contribution >= 0.6 is 7.82 Å². The lowest BCUT2D eigenvalue weighted by Gasteiger charge is -2.25. The fourth-order valence-electron chi connectivity index (χ4n) is 8.28. The highest BCUT2D eigenvalue weighted by Crippen LogP contribution is 2.43. The predicted molar refractivity (Wildman–Crippen MR) is 309 cm³/mol. The van der Waals surface area contributed by atoms with E-state index in [2.05, 4.69) is 92.1 Å². The number of unbranched alkanes of at least 4 members (excludes halogenated alkanes) is 28. The number of rotatable bonds is 53. The lowest BCUT2D eigenvalue weighted by molar-refractivity contribution is -0.870. The van der Waals surface area contributed by atoms with Crippen molar-refractivity contribution in [1.29, 1.82) is 0 Å². The molecule has 0 spiro atoms. The van der Waals surface area contributed by atoms with Crippen LogP contribution < -0.4 is 5.32 Å². The molecule has 0 saturated carbocycles. The molecule has 0 aliphatic carbocycles. The minimum absolute atomic E-state index is 0.0592. The molecule has 0 rings (SSSR count). The smallest absolute Gasteiger partial charge is 0.387 e. The van der Waals surface area contributed by atoms with Crippen LogP contribution in [0.25, 0.3) is 0 Å². The summed E-state index contributed by atoms with van der Waals surface area (Å²) in [4.78, 5) is 23.3. The molecule has 0 aromatic heterocycles. The van der Waals surface area contributed by atoms with Crippen LogP contribution in [0.1, 0.15) is 251 Å². The number of nitrogens with one attached hydrogen (secondary N) is 1. The topological polar surface area (TPSA) is 105 Å². The van der Waals surface area contributed by atoms with E-state index in [0.717, 1.165) is 77.0 Å². The monoisotopic (exact) mass is 1010 g/mol. The van der Waals surface area contributed by atoms with Gasteiger partial charge in [0.25, 0.3) is 0 Å². The molecule has 1 amide bonds. The molecule has 3 N–H and O–H groups in total. The molecule has 0 bridgehead atoms. The fourth-order valence-corrected chi connectivity index (χ4v) is 9.02. The molecule has 0 heterocycles. The molecule has 0 aromatic rings. The number of hydrogen-bond donors (Lipinski definition) is 3. The van der Waals surface area contributed by atoms with Crippen molar-refractivity contribution in [3.05, 3.63) is 85.1 Å². The van der Waals surface area contributed by atoms with E-state index in [-0.39, 0.29) is 19.1 Å². The predicted octanol–water partition coefficient (Wildman–Crippen LogP) is 18.0. The third-order valence-electron chi connectivity index (χ3n) is 12.9.